The van der Waals surface area contributed by atoms with Crippen LogP contribution in [0.25, 0.3) is 0 Å². The van der Waals surface area contributed by atoms with Gasteiger partial charge in [0, 0.05) is 32.1 Å². The lowest BCUT2D eigenvalue weighted by atomic mass is 9.68. The normalized spacial score (nSPS) is 24.9. The predicted octanol–water partition coefficient (Wildman–Crippen LogP) is 4.84. The molecule has 0 bridgehead atoms. The van der Waals surface area contributed by atoms with Gasteiger partial charge in [-0.05, 0) is 64.5 Å². The summed E-state index contributed by atoms with van der Waals surface area (Å²) in [7, 11) is 0. The Bertz CT molecular complexity index is 1170. The van der Waals surface area contributed by atoms with Crippen molar-refractivity contribution < 1.29 is 19.1 Å². The third-order valence-electron chi connectivity index (χ3n) is 8.84. The SMILES string of the molecule is CC(C)(C)OC(=O)N1CCCC2CN(C(=O)CN3CCCC(c4ccccc4)(c4ccccc4)C3=O)CC21C. The minimum Gasteiger partial charge on any atom is -0.444 e. The average molecular weight is 532 g/mol. The second-order valence-corrected chi connectivity index (χ2v) is 12.6. The highest BCUT2D eigenvalue weighted by Crippen LogP contribution is 2.43. The second-order valence-electron chi connectivity index (χ2n) is 12.6. The van der Waals surface area contributed by atoms with Crippen LogP contribution in [0.2, 0.25) is 0 Å². The van der Waals surface area contributed by atoms with Gasteiger partial charge in [0.15, 0.2) is 0 Å². The van der Waals surface area contributed by atoms with Crippen molar-refractivity contribution in [2.45, 2.75) is 69.9 Å². The zero-order chi connectivity index (χ0) is 27.8. The Morgan fingerprint density at radius 2 is 1.56 bits per heavy atom. The monoisotopic (exact) mass is 531 g/mol. The maximum atomic E-state index is 14.3. The van der Waals surface area contributed by atoms with E-state index in [-0.39, 0.29) is 30.4 Å². The highest BCUT2D eigenvalue weighted by Gasteiger charge is 2.53. The average Bonchev–Trinajstić information content (AvgIpc) is 3.27. The summed E-state index contributed by atoms with van der Waals surface area (Å²) >= 11 is 0. The molecule has 3 aliphatic heterocycles. The fraction of sp³-hybridized carbons (Fsp3) is 0.531. The number of ether oxygens (including phenoxy) is 1. The van der Waals surface area contributed by atoms with Crippen LogP contribution in [0.5, 0.6) is 0 Å². The van der Waals surface area contributed by atoms with E-state index in [1.54, 1.807) is 4.90 Å². The van der Waals surface area contributed by atoms with Gasteiger partial charge < -0.3 is 19.4 Å². The number of rotatable bonds is 4. The molecule has 208 valence electrons. The van der Waals surface area contributed by atoms with Crippen LogP contribution in [0, 0.1) is 5.92 Å². The molecule has 2 atom stereocenters. The van der Waals surface area contributed by atoms with Crippen molar-refractivity contribution in [1.82, 2.24) is 14.7 Å². The Morgan fingerprint density at radius 3 is 2.15 bits per heavy atom. The molecule has 0 saturated carbocycles. The molecule has 3 aliphatic rings. The number of piperidine rings is 2. The Morgan fingerprint density at radius 1 is 0.949 bits per heavy atom. The second kappa shape index (κ2) is 10.3. The number of carbonyl (C=O) groups is 3. The summed E-state index contributed by atoms with van der Waals surface area (Å²) in [5.74, 6) is 0.116. The molecule has 3 amide bonds. The number of hydrogen-bond donors (Lipinski definition) is 0. The van der Waals surface area contributed by atoms with E-state index in [1.165, 1.54) is 0 Å². The van der Waals surface area contributed by atoms with E-state index in [0.717, 1.165) is 30.4 Å². The third kappa shape index (κ3) is 5.04. The van der Waals surface area contributed by atoms with Crippen molar-refractivity contribution in [2.24, 2.45) is 5.92 Å². The molecular weight excluding hydrogens is 490 g/mol. The lowest BCUT2D eigenvalue weighted by Gasteiger charge is -2.45. The lowest BCUT2D eigenvalue weighted by molar-refractivity contribution is -0.145. The number of carbonyl (C=O) groups excluding carboxylic acids is 3. The molecule has 3 fully saturated rings. The molecule has 3 saturated heterocycles. The zero-order valence-corrected chi connectivity index (χ0v) is 23.7. The van der Waals surface area contributed by atoms with Crippen LogP contribution in [-0.4, -0.2) is 76.5 Å². The van der Waals surface area contributed by atoms with Crippen LogP contribution in [0.15, 0.2) is 60.7 Å². The molecule has 39 heavy (non-hydrogen) atoms. The molecule has 2 unspecified atom stereocenters. The maximum Gasteiger partial charge on any atom is 0.410 e. The fourth-order valence-corrected chi connectivity index (χ4v) is 6.88. The fourth-order valence-electron chi connectivity index (χ4n) is 6.88. The summed E-state index contributed by atoms with van der Waals surface area (Å²) in [5.41, 5.74) is 0.0734. The number of amides is 3. The molecule has 7 nitrogen and oxygen atoms in total. The van der Waals surface area contributed by atoms with Crippen LogP contribution in [0.1, 0.15) is 64.5 Å². The number of benzene rings is 2. The minimum atomic E-state index is -0.806. The zero-order valence-electron chi connectivity index (χ0n) is 23.7. The Hall–Kier alpha value is -3.35. The van der Waals surface area contributed by atoms with Crippen LogP contribution in [0.3, 0.4) is 0 Å². The first-order valence-corrected chi connectivity index (χ1v) is 14.2. The number of fused-ring (bicyclic) bond motifs is 1. The van der Waals surface area contributed by atoms with E-state index in [4.69, 9.17) is 4.74 Å². The smallest absolute Gasteiger partial charge is 0.410 e. The van der Waals surface area contributed by atoms with Gasteiger partial charge in [-0.25, -0.2) is 4.79 Å². The van der Waals surface area contributed by atoms with Crippen LogP contribution in [0.4, 0.5) is 4.79 Å². The first-order valence-electron chi connectivity index (χ1n) is 14.2. The van der Waals surface area contributed by atoms with Crippen LogP contribution >= 0.6 is 0 Å². The molecule has 2 aromatic carbocycles. The van der Waals surface area contributed by atoms with Crippen LogP contribution in [-0.2, 0) is 19.7 Å². The molecule has 0 radical (unpaired) electrons. The van der Waals surface area contributed by atoms with Crippen molar-refractivity contribution in [2.75, 3.05) is 32.7 Å². The van der Waals surface area contributed by atoms with Crippen LogP contribution < -0.4 is 0 Å². The van der Waals surface area contributed by atoms with Gasteiger partial charge in [0.2, 0.25) is 11.8 Å². The van der Waals surface area contributed by atoms with Gasteiger partial charge in [0.1, 0.15) is 5.60 Å². The molecule has 0 spiro atoms. The van der Waals surface area contributed by atoms with Gasteiger partial charge in [-0.3, -0.25) is 9.59 Å². The minimum absolute atomic E-state index is 0.0160. The van der Waals surface area contributed by atoms with E-state index >= 15 is 0 Å². The van der Waals surface area contributed by atoms with Crippen molar-refractivity contribution in [3.8, 4) is 0 Å². The van der Waals surface area contributed by atoms with Gasteiger partial charge in [-0.1, -0.05) is 60.7 Å². The molecule has 3 heterocycles. The van der Waals surface area contributed by atoms with E-state index in [0.29, 0.717) is 32.6 Å². The summed E-state index contributed by atoms with van der Waals surface area (Å²) in [4.78, 5) is 46.5. The van der Waals surface area contributed by atoms with Crippen molar-refractivity contribution in [1.29, 1.82) is 0 Å². The lowest BCUT2D eigenvalue weighted by Crippen LogP contribution is -2.59. The van der Waals surface area contributed by atoms with Crippen molar-refractivity contribution in [3.05, 3.63) is 71.8 Å². The van der Waals surface area contributed by atoms with Gasteiger partial charge >= 0.3 is 6.09 Å². The first kappa shape index (κ1) is 27.2. The van der Waals surface area contributed by atoms with Gasteiger partial charge in [-0.15, -0.1) is 0 Å². The number of likely N-dealkylation sites (tertiary alicyclic amines) is 3. The Labute approximate surface area is 232 Å². The van der Waals surface area contributed by atoms with Gasteiger partial charge in [0.05, 0.1) is 17.5 Å². The Kier molecular flexibility index (Phi) is 7.21. The molecule has 0 N–H and O–H groups in total. The van der Waals surface area contributed by atoms with Crippen molar-refractivity contribution >= 4 is 17.9 Å². The molecule has 0 aliphatic carbocycles. The highest BCUT2D eigenvalue weighted by atomic mass is 16.6. The molecule has 2 aromatic rings. The van der Waals surface area contributed by atoms with E-state index in [2.05, 4.69) is 6.92 Å². The molecule has 5 rings (SSSR count). The summed E-state index contributed by atoms with van der Waals surface area (Å²) in [5, 5.41) is 0. The Balaban J connectivity index is 1.35. The first-order chi connectivity index (χ1) is 18.5. The molecular formula is C32H41N3O4. The van der Waals surface area contributed by atoms with Gasteiger partial charge in [0.25, 0.3) is 0 Å². The van der Waals surface area contributed by atoms with Gasteiger partial charge in [-0.2, -0.15) is 0 Å². The third-order valence-corrected chi connectivity index (χ3v) is 8.84. The van der Waals surface area contributed by atoms with E-state index < -0.39 is 16.6 Å². The molecule has 0 aromatic heterocycles. The standard InChI is InChI=1S/C32H41N3O4/c1-30(2,3)39-29(38)35-20-11-17-26-21-34(23-31(26,35)4)27(36)22-33-19-12-18-32(28(33)37,24-13-7-5-8-14-24)25-15-9-6-10-16-25/h5-10,13-16,26H,11-12,17-23H2,1-4H3. The van der Waals surface area contributed by atoms with E-state index in [9.17, 15) is 14.4 Å². The summed E-state index contributed by atoms with van der Waals surface area (Å²) in [6.07, 6.45) is 3.07. The molecule has 7 heteroatoms. The summed E-state index contributed by atoms with van der Waals surface area (Å²) in [6.45, 7) is 10.00. The predicted molar refractivity (Wildman–Crippen MR) is 150 cm³/mol. The number of nitrogens with zero attached hydrogens (tertiary/aromatic N) is 3. The quantitative estimate of drug-likeness (QED) is 0.566. The summed E-state index contributed by atoms with van der Waals surface area (Å²) < 4.78 is 5.72. The van der Waals surface area contributed by atoms with E-state index in [1.807, 2.05) is 91.2 Å². The summed E-state index contributed by atoms with van der Waals surface area (Å²) in [6, 6.07) is 19.9. The topological polar surface area (TPSA) is 70.2 Å². The largest absolute Gasteiger partial charge is 0.444 e. The maximum absolute atomic E-state index is 14.3. The number of hydrogen-bond acceptors (Lipinski definition) is 4. The highest BCUT2D eigenvalue weighted by molar-refractivity contribution is 5.95. The van der Waals surface area contributed by atoms with Crippen molar-refractivity contribution in [3.63, 3.8) is 0 Å².